The molecule has 1 aliphatic rings. The molecule has 0 aromatic heterocycles. The van der Waals surface area contributed by atoms with Crippen molar-refractivity contribution in [1.82, 2.24) is 0 Å². The highest BCUT2D eigenvalue weighted by atomic mass is 35.5. The van der Waals surface area contributed by atoms with Gasteiger partial charge >= 0.3 is 18.3 Å². The fourth-order valence-corrected chi connectivity index (χ4v) is 4.11. The van der Waals surface area contributed by atoms with E-state index in [2.05, 4.69) is 0 Å². The van der Waals surface area contributed by atoms with Crippen molar-refractivity contribution in [2.45, 2.75) is 55.9 Å². The van der Waals surface area contributed by atoms with E-state index in [1.165, 1.54) is 0 Å². The molecule has 1 aromatic rings. The first-order valence-corrected chi connectivity index (χ1v) is 10.3. The van der Waals surface area contributed by atoms with E-state index in [9.17, 15) is 36.2 Å². The van der Waals surface area contributed by atoms with Crippen LogP contribution in [0, 0.1) is 11.8 Å². The zero-order valence-electron chi connectivity index (χ0n) is 16.8. The number of hydrogen-bond donors (Lipinski definition) is 2. The lowest BCUT2D eigenvalue weighted by atomic mass is 9.92. The second-order valence-corrected chi connectivity index (χ2v) is 8.25. The Morgan fingerprint density at radius 1 is 1.06 bits per heavy atom. The molecule has 0 heterocycles. The Kier molecular flexibility index (Phi) is 8.87. The molecule has 2 N–H and O–H groups in total. The largest absolute Gasteiger partial charge is 0.493 e. The fourth-order valence-electron chi connectivity index (χ4n) is 3.64. The number of aliphatic hydroxyl groups is 1. The van der Waals surface area contributed by atoms with Gasteiger partial charge in [-0.05, 0) is 49.8 Å². The van der Waals surface area contributed by atoms with Gasteiger partial charge in [-0.1, -0.05) is 12.2 Å². The van der Waals surface area contributed by atoms with Gasteiger partial charge in [-0.15, -0.1) is 11.6 Å². The van der Waals surface area contributed by atoms with Crippen molar-refractivity contribution in [2.24, 2.45) is 11.8 Å². The van der Waals surface area contributed by atoms with E-state index in [-0.39, 0.29) is 31.4 Å². The molecule has 180 valence electrons. The Balaban J connectivity index is 2.08. The van der Waals surface area contributed by atoms with Crippen molar-refractivity contribution in [3.05, 3.63) is 41.5 Å². The van der Waals surface area contributed by atoms with Gasteiger partial charge in [-0.3, -0.25) is 4.79 Å². The number of carbonyl (C=O) groups is 1. The minimum Gasteiger partial charge on any atom is -0.493 e. The maximum Gasteiger partial charge on any atom is 0.416 e. The lowest BCUT2D eigenvalue weighted by Crippen LogP contribution is -2.27. The lowest BCUT2D eigenvalue weighted by molar-refractivity contribution is -0.143. The molecule has 1 aromatic carbocycles. The normalized spacial score (nSPS) is 24.2. The quantitative estimate of drug-likeness (QED) is 0.196. The fraction of sp³-hybridized carbons (Fsp3) is 0.571. The number of carboxylic acids is 1. The SMILES string of the molecule is O=C(O)CCC/C=C\C[C@@H]1[C@@H](COc2cc(C(F)(F)F)cc(C(F)(F)F)c2)[C@H](O)C[C@@H]1Cl. The van der Waals surface area contributed by atoms with Crippen LogP contribution in [-0.2, 0) is 17.1 Å². The Labute approximate surface area is 185 Å². The molecule has 1 aliphatic carbocycles. The number of aliphatic carboxylic acids is 1. The number of rotatable bonds is 9. The summed E-state index contributed by atoms with van der Waals surface area (Å²) in [7, 11) is 0. The number of hydrogen-bond acceptors (Lipinski definition) is 3. The van der Waals surface area contributed by atoms with Gasteiger partial charge in [0.15, 0.2) is 0 Å². The van der Waals surface area contributed by atoms with Crippen LogP contribution >= 0.6 is 11.6 Å². The van der Waals surface area contributed by atoms with E-state index >= 15 is 0 Å². The molecule has 32 heavy (non-hydrogen) atoms. The number of benzene rings is 1. The predicted octanol–water partition coefficient (Wildman–Crippen LogP) is 5.91. The highest BCUT2D eigenvalue weighted by Crippen LogP contribution is 2.41. The summed E-state index contributed by atoms with van der Waals surface area (Å²) in [5.74, 6) is -2.40. The Bertz CT molecular complexity index is 776. The minimum absolute atomic E-state index is 0.0179. The summed E-state index contributed by atoms with van der Waals surface area (Å²) >= 11 is 6.28. The topological polar surface area (TPSA) is 66.8 Å². The Morgan fingerprint density at radius 2 is 1.66 bits per heavy atom. The van der Waals surface area contributed by atoms with E-state index in [1.807, 2.05) is 0 Å². The molecular weight excluding hydrogens is 466 g/mol. The summed E-state index contributed by atoms with van der Waals surface area (Å²) in [4.78, 5) is 10.5. The molecule has 0 unspecified atom stereocenters. The molecule has 2 rings (SSSR count). The summed E-state index contributed by atoms with van der Waals surface area (Å²) in [6.07, 6.45) is -5.72. The molecule has 1 saturated carbocycles. The zero-order valence-corrected chi connectivity index (χ0v) is 17.6. The van der Waals surface area contributed by atoms with Gasteiger partial charge < -0.3 is 14.9 Å². The molecule has 0 aliphatic heterocycles. The van der Waals surface area contributed by atoms with Gasteiger partial charge in [0.1, 0.15) is 5.75 Å². The zero-order chi connectivity index (χ0) is 24.1. The van der Waals surface area contributed by atoms with Crippen molar-refractivity contribution in [3.63, 3.8) is 0 Å². The van der Waals surface area contributed by atoms with Crippen LogP contribution in [0.3, 0.4) is 0 Å². The second kappa shape index (κ2) is 10.8. The predicted molar refractivity (Wildman–Crippen MR) is 104 cm³/mol. The first-order chi connectivity index (χ1) is 14.8. The lowest BCUT2D eigenvalue weighted by Gasteiger charge is -2.23. The smallest absolute Gasteiger partial charge is 0.416 e. The summed E-state index contributed by atoms with van der Waals surface area (Å²) in [5.41, 5.74) is -2.96. The highest BCUT2D eigenvalue weighted by molar-refractivity contribution is 6.21. The van der Waals surface area contributed by atoms with Crippen LogP contribution in [0.2, 0.25) is 0 Å². The minimum atomic E-state index is -4.98. The molecule has 4 nitrogen and oxygen atoms in total. The van der Waals surface area contributed by atoms with Crippen LogP contribution in [-0.4, -0.2) is 34.3 Å². The van der Waals surface area contributed by atoms with Crippen LogP contribution in [0.5, 0.6) is 5.75 Å². The van der Waals surface area contributed by atoms with Crippen molar-refractivity contribution in [3.8, 4) is 5.75 Å². The molecular formula is C21H23ClF6O4. The van der Waals surface area contributed by atoms with Crippen LogP contribution in [0.4, 0.5) is 26.3 Å². The number of alkyl halides is 7. The van der Waals surface area contributed by atoms with Crippen LogP contribution in [0.15, 0.2) is 30.4 Å². The third-order valence-electron chi connectivity index (χ3n) is 5.32. The summed E-state index contributed by atoms with van der Waals surface area (Å²) < 4.78 is 83.3. The average molecular weight is 489 g/mol. The van der Waals surface area contributed by atoms with Gasteiger partial charge in [0.05, 0.1) is 23.8 Å². The summed E-state index contributed by atoms with van der Waals surface area (Å²) in [6.45, 7) is -0.305. The van der Waals surface area contributed by atoms with Gasteiger partial charge in [0, 0.05) is 17.7 Å². The number of allylic oxidation sites excluding steroid dienone is 2. The van der Waals surface area contributed by atoms with Crippen molar-refractivity contribution >= 4 is 17.6 Å². The van der Waals surface area contributed by atoms with Crippen molar-refractivity contribution in [2.75, 3.05) is 6.61 Å². The molecule has 0 spiro atoms. The highest BCUT2D eigenvalue weighted by Gasteiger charge is 2.42. The van der Waals surface area contributed by atoms with Crippen LogP contribution in [0.25, 0.3) is 0 Å². The number of ether oxygens (including phenoxy) is 1. The number of unbranched alkanes of at least 4 members (excludes halogenated alkanes) is 1. The molecule has 4 atom stereocenters. The number of aliphatic hydroxyl groups excluding tert-OH is 1. The van der Waals surface area contributed by atoms with Crippen molar-refractivity contribution < 1.29 is 46.1 Å². The van der Waals surface area contributed by atoms with Crippen LogP contribution in [0.1, 0.15) is 43.2 Å². The molecule has 0 amide bonds. The van der Waals surface area contributed by atoms with Gasteiger partial charge in [0.2, 0.25) is 0 Å². The van der Waals surface area contributed by atoms with E-state index in [0.29, 0.717) is 31.4 Å². The molecule has 0 radical (unpaired) electrons. The van der Waals surface area contributed by atoms with Crippen LogP contribution < -0.4 is 4.74 Å². The Morgan fingerprint density at radius 3 is 2.19 bits per heavy atom. The maximum atomic E-state index is 13.0. The maximum absolute atomic E-state index is 13.0. The summed E-state index contributed by atoms with van der Waals surface area (Å²) in [6, 6.07) is 1.00. The van der Waals surface area contributed by atoms with Gasteiger partial charge in [0.25, 0.3) is 0 Å². The molecule has 11 heteroatoms. The summed E-state index contributed by atoms with van der Waals surface area (Å²) in [5, 5.41) is 18.4. The van der Waals surface area contributed by atoms with E-state index in [4.69, 9.17) is 21.4 Å². The first kappa shape index (κ1) is 26.3. The number of carboxylic acid groups (broad SMARTS) is 1. The van der Waals surface area contributed by atoms with Gasteiger partial charge in [-0.25, -0.2) is 0 Å². The van der Waals surface area contributed by atoms with E-state index in [0.717, 1.165) is 0 Å². The third kappa shape index (κ3) is 7.58. The third-order valence-corrected chi connectivity index (χ3v) is 5.82. The second-order valence-electron chi connectivity index (χ2n) is 7.69. The number of halogens is 7. The van der Waals surface area contributed by atoms with Crippen molar-refractivity contribution in [1.29, 1.82) is 0 Å². The average Bonchev–Trinajstić information content (AvgIpc) is 2.93. The monoisotopic (exact) mass is 488 g/mol. The molecule has 1 fully saturated rings. The first-order valence-electron chi connectivity index (χ1n) is 9.90. The standard InChI is InChI=1S/C21H23ClF6O4/c22-17-10-18(29)16(15(17)5-3-1-2-4-6-19(30)31)11-32-14-8-12(20(23,24)25)7-13(9-14)21(26,27)28/h1,3,7-9,15-18,29H,2,4-6,10-11H2,(H,30,31)/b3-1-/t15-,16-,17+,18-/m1/s1. The molecule has 0 saturated heterocycles. The molecule has 0 bridgehead atoms. The van der Waals surface area contributed by atoms with E-state index in [1.54, 1.807) is 12.2 Å². The Hall–Kier alpha value is -1.94. The van der Waals surface area contributed by atoms with E-state index < -0.39 is 52.6 Å². The van der Waals surface area contributed by atoms with Gasteiger partial charge in [-0.2, -0.15) is 26.3 Å².